The lowest BCUT2D eigenvalue weighted by Gasteiger charge is -2.33. The van der Waals surface area contributed by atoms with Crippen LogP contribution in [0, 0.1) is 0 Å². The SMILES string of the molecule is O=S(=O)(c1cccs1)N1CCC(NCC2(O)CCCCC2)C1. The van der Waals surface area contributed by atoms with E-state index in [0.717, 1.165) is 32.1 Å². The highest BCUT2D eigenvalue weighted by molar-refractivity contribution is 7.91. The van der Waals surface area contributed by atoms with Crippen molar-refractivity contribution >= 4 is 21.4 Å². The van der Waals surface area contributed by atoms with Gasteiger partial charge in [0.2, 0.25) is 0 Å². The third-order valence-electron chi connectivity index (χ3n) is 4.74. The second-order valence-corrected chi connectivity index (χ2v) is 9.56. The predicted molar refractivity (Wildman–Crippen MR) is 87.5 cm³/mol. The summed E-state index contributed by atoms with van der Waals surface area (Å²) in [5.41, 5.74) is -0.599. The number of hydrogen-bond acceptors (Lipinski definition) is 5. The molecule has 1 aliphatic carbocycles. The van der Waals surface area contributed by atoms with Crippen LogP contribution in [0.25, 0.3) is 0 Å². The van der Waals surface area contributed by atoms with E-state index in [1.54, 1.807) is 21.8 Å². The number of sulfonamides is 1. The number of hydrogen-bond donors (Lipinski definition) is 2. The van der Waals surface area contributed by atoms with Crippen molar-refractivity contribution in [3.8, 4) is 0 Å². The number of aliphatic hydroxyl groups is 1. The van der Waals surface area contributed by atoms with E-state index in [9.17, 15) is 13.5 Å². The molecule has 2 aliphatic rings. The lowest BCUT2D eigenvalue weighted by Crippen LogP contribution is -2.46. The molecule has 5 nitrogen and oxygen atoms in total. The molecule has 1 aromatic rings. The molecule has 22 heavy (non-hydrogen) atoms. The van der Waals surface area contributed by atoms with E-state index in [1.165, 1.54) is 17.8 Å². The summed E-state index contributed by atoms with van der Waals surface area (Å²) in [6.45, 7) is 1.62. The monoisotopic (exact) mass is 344 g/mol. The Morgan fingerprint density at radius 2 is 2.14 bits per heavy atom. The van der Waals surface area contributed by atoms with Crippen LogP contribution in [0.5, 0.6) is 0 Å². The van der Waals surface area contributed by atoms with E-state index >= 15 is 0 Å². The van der Waals surface area contributed by atoms with E-state index in [0.29, 0.717) is 23.8 Å². The summed E-state index contributed by atoms with van der Waals surface area (Å²) in [7, 11) is -3.34. The molecular weight excluding hydrogens is 320 g/mol. The van der Waals surface area contributed by atoms with Crippen LogP contribution in [0.2, 0.25) is 0 Å². The van der Waals surface area contributed by atoms with Gasteiger partial charge in [-0.25, -0.2) is 8.42 Å². The molecule has 0 amide bonds. The fraction of sp³-hybridized carbons (Fsp3) is 0.733. The Morgan fingerprint density at radius 1 is 1.36 bits per heavy atom. The number of nitrogens with zero attached hydrogens (tertiary/aromatic N) is 1. The first-order valence-corrected chi connectivity index (χ1v) is 10.3. The van der Waals surface area contributed by atoms with Crippen molar-refractivity contribution in [3.63, 3.8) is 0 Å². The van der Waals surface area contributed by atoms with Crippen molar-refractivity contribution in [1.82, 2.24) is 9.62 Å². The standard InChI is InChI=1S/C15H24N2O3S2/c18-15(7-2-1-3-8-15)12-16-13-6-9-17(11-13)22(19,20)14-5-4-10-21-14/h4-5,10,13,16,18H,1-3,6-9,11-12H2. The molecule has 1 atom stereocenters. The van der Waals surface area contributed by atoms with Gasteiger partial charge in [0.15, 0.2) is 0 Å². The van der Waals surface area contributed by atoms with Crippen molar-refractivity contribution in [2.75, 3.05) is 19.6 Å². The zero-order valence-corrected chi connectivity index (χ0v) is 14.3. The highest BCUT2D eigenvalue weighted by Gasteiger charge is 2.35. The van der Waals surface area contributed by atoms with E-state index < -0.39 is 15.6 Å². The highest BCUT2D eigenvalue weighted by atomic mass is 32.2. The molecule has 2 heterocycles. The summed E-state index contributed by atoms with van der Waals surface area (Å²) >= 11 is 1.26. The number of thiophene rings is 1. The summed E-state index contributed by atoms with van der Waals surface area (Å²) in [5, 5.41) is 15.7. The molecule has 7 heteroatoms. The number of rotatable bonds is 5. The largest absolute Gasteiger partial charge is 0.389 e. The lowest BCUT2D eigenvalue weighted by molar-refractivity contribution is 0.00300. The van der Waals surface area contributed by atoms with Gasteiger partial charge in [-0.05, 0) is 30.7 Å². The Bertz CT molecular complexity index is 580. The average Bonchev–Trinajstić information content (AvgIpc) is 3.18. The first-order valence-electron chi connectivity index (χ1n) is 7.99. The Labute approximate surface area is 136 Å². The molecule has 0 spiro atoms. The molecule has 2 fully saturated rings. The molecule has 0 aromatic carbocycles. The van der Waals surface area contributed by atoms with Gasteiger partial charge in [0.25, 0.3) is 10.0 Å². The van der Waals surface area contributed by atoms with Crippen LogP contribution in [0.4, 0.5) is 0 Å². The van der Waals surface area contributed by atoms with Gasteiger partial charge in [0.1, 0.15) is 4.21 Å². The van der Waals surface area contributed by atoms with Gasteiger partial charge in [0.05, 0.1) is 5.60 Å². The van der Waals surface area contributed by atoms with Gasteiger partial charge in [-0.3, -0.25) is 0 Å². The Hall–Kier alpha value is -0.470. The third-order valence-corrected chi connectivity index (χ3v) is 7.98. The second kappa shape index (κ2) is 6.57. The zero-order valence-electron chi connectivity index (χ0n) is 12.7. The average molecular weight is 345 g/mol. The van der Waals surface area contributed by atoms with Crippen molar-refractivity contribution in [2.24, 2.45) is 0 Å². The second-order valence-electron chi connectivity index (χ2n) is 6.45. The Balaban J connectivity index is 1.54. The van der Waals surface area contributed by atoms with Crippen LogP contribution in [0.1, 0.15) is 38.5 Å². The van der Waals surface area contributed by atoms with Crippen LogP contribution in [-0.2, 0) is 10.0 Å². The molecule has 0 bridgehead atoms. The Morgan fingerprint density at radius 3 is 2.82 bits per heavy atom. The van der Waals surface area contributed by atoms with E-state index in [-0.39, 0.29) is 6.04 Å². The molecule has 124 valence electrons. The summed E-state index contributed by atoms with van der Waals surface area (Å²) < 4.78 is 26.9. The number of nitrogens with one attached hydrogen (secondary N) is 1. The molecule has 3 rings (SSSR count). The maximum Gasteiger partial charge on any atom is 0.252 e. The van der Waals surface area contributed by atoms with Crippen LogP contribution in [0.3, 0.4) is 0 Å². The summed E-state index contributed by atoms with van der Waals surface area (Å²) in [6, 6.07) is 3.56. The molecule has 1 saturated heterocycles. The Kier molecular flexibility index (Phi) is 4.89. The molecule has 0 radical (unpaired) electrons. The van der Waals surface area contributed by atoms with Crippen LogP contribution < -0.4 is 5.32 Å². The molecule has 1 unspecified atom stereocenters. The first-order chi connectivity index (χ1) is 10.5. The fourth-order valence-electron chi connectivity index (χ4n) is 3.37. The van der Waals surface area contributed by atoms with Gasteiger partial charge >= 0.3 is 0 Å². The summed E-state index contributed by atoms with van der Waals surface area (Å²) in [6.07, 6.45) is 5.89. The van der Waals surface area contributed by atoms with Crippen molar-refractivity contribution in [3.05, 3.63) is 17.5 Å². The maximum absolute atomic E-state index is 12.5. The highest BCUT2D eigenvalue weighted by Crippen LogP contribution is 2.28. The minimum Gasteiger partial charge on any atom is -0.389 e. The van der Waals surface area contributed by atoms with Gasteiger partial charge in [0, 0.05) is 25.7 Å². The third kappa shape index (κ3) is 3.54. The minimum absolute atomic E-state index is 0.140. The molecule has 1 aliphatic heterocycles. The smallest absolute Gasteiger partial charge is 0.252 e. The van der Waals surface area contributed by atoms with E-state index in [4.69, 9.17) is 0 Å². The normalized spacial score (nSPS) is 26.3. The van der Waals surface area contributed by atoms with Crippen molar-refractivity contribution in [2.45, 2.75) is 54.4 Å². The quantitative estimate of drug-likeness (QED) is 0.854. The lowest BCUT2D eigenvalue weighted by atomic mass is 9.85. The maximum atomic E-state index is 12.5. The minimum atomic E-state index is -3.34. The van der Waals surface area contributed by atoms with Crippen LogP contribution >= 0.6 is 11.3 Å². The molecular formula is C15H24N2O3S2. The summed E-state index contributed by atoms with van der Waals surface area (Å²) in [5.74, 6) is 0. The molecule has 1 aromatic heterocycles. The molecule has 1 saturated carbocycles. The van der Waals surface area contributed by atoms with Gasteiger partial charge in [-0.2, -0.15) is 4.31 Å². The van der Waals surface area contributed by atoms with Crippen molar-refractivity contribution < 1.29 is 13.5 Å². The van der Waals surface area contributed by atoms with Crippen LogP contribution in [-0.4, -0.2) is 49.1 Å². The first kappa shape index (κ1) is 16.4. The van der Waals surface area contributed by atoms with Gasteiger partial charge in [-0.1, -0.05) is 25.3 Å². The van der Waals surface area contributed by atoms with E-state index in [2.05, 4.69) is 5.32 Å². The topological polar surface area (TPSA) is 69.6 Å². The van der Waals surface area contributed by atoms with E-state index in [1.807, 2.05) is 0 Å². The summed E-state index contributed by atoms with van der Waals surface area (Å²) in [4.78, 5) is 0. The van der Waals surface area contributed by atoms with Gasteiger partial charge < -0.3 is 10.4 Å². The zero-order chi connectivity index (χ0) is 15.6. The molecule has 2 N–H and O–H groups in total. The predicted octanol–water partition coefficient (Wildman–Crippen LogP) is 1.80. The fourth-order valence-corrected chi connectivity index (χ4v) is 6.02. The van der Waals surface area contributed by atoms with Crippen molar-refractivity contribution in [1.29, 1.82) is 0 Å². The van der Waals surface area contributed by atoms with Crippen LogP contribution in [0.15, 0.2) is 21.7 Å². The van der Waals surface area contributed by atoms with Gasteiger partial charge in [-0.15, -0.1) is 11.3 Å².